The number of aromatic nitrogens is 1. The quantitative estimate of drug-likeness (QED) is 0.886. The molecule has 1 aromatic carbocycles. The first-order chi connectivity index (χ1) is 8.27. The summed E-state index contributed by atoms with van der Waals surface area (Å²) in [5, 5.41) is 10.2. The first-order valence-corrected chi connectivity index (χ1v) is 6.81. The minimum Gasteiger partial charge on any atom is -0.480 e. The van der Waals surface area contributed by atoms with Crippen molar-refractivity contribution in [2.45, 2.75) is 18.7 Å². The molecule has 0 saturated carbocycles. The summed E-state index contributed by atoms with van der Waals surface area (Å²) in [5.74, 6) is 1.32. The van der Waals surface area contributed by atoms with Crippen LogP contribution in [0.2, 0.25) is 0 Å². The van der Waals surface area contributed by atoms with Gasteiger partial charge in [0.1, 0.15) is 6.54 Å². The number of hydrogen-bond acceptors (Lipinski definition) is 2. The van der Waals surface area contributed by atoms with Gasteiger partial charge >= 0.3 is 5.97 Å². The standard InChI is InChI=1S/C13H13NO2S/c15-13(16)7-14-11-4-2-1-3-9(11)10-8-17-6-5-12(10)14/h1-4H,5-8H2,(H,15,16). The molecule has 0 aliphatic carbocycles. The third-order valence-electron chi connectivity index (χ3n) is 3.22. The second-order valence-electron chi connectivity index (χ2n) is 4.22. The summed E-state index contributed by atoms with van der Waals surface area (Å²) in [6.45, 7) is 0.0700. The molecule has 17 heavy (non-hydrogen) atoms. The van der Waals surface area contributed by atoms with Gasteiger partial charge in [-0.1, -0.05) is 18.2 Å². The molecule has 0 unspecified atom stereocenters. The van der Waals surface area contributed by atoms with Gasteiger partial charge in [0.2, 0.25) is 0 Å². The van der Waals surface area contributed by atoms with Crippen LogP contribution in [0, 0.1) is 0 Å². The number of carboxylic acids is 1. The van der Waals surface area contributed by atoms with Crippen molar-refractivity contribution >= 4 is 28.6 Å². The van der Waals surface area contributed by atoms with Crippen LogP contribution in [0.3, 0.4) is 0 Å². The largest absolute Gasteiger partial charge is 0.480 e. The van der Waals surface area contributed by atoms with Crippen LogP contribution in [-0.2, 0) is 23.5 Å². The normalized spacial score (nSPS) is 14.8. The van der Waals surface area contributed by atoms with E-state index >= 15 is 0 Å². The maximum Gasteiger partial charge on any atom is 0.323 e. The number of aliphatic carboxylic acids is 1. The molecule has 0 bridgehead atoms. The average Bonchev–Trinajstić information content (AvgIpc) is 2.65. The van der Waals surface area contributed by atoms with Gasteiger partial charge in [-0.25, -0.2) is 0 Å². The van der Waals surface area contributed by atoms with E-state index in [-0.39, 0.29) is 6.54 Å². The molecule has 2 heterocycles. The smallest absolute Gasteiger partial charge is 0.323 e. The van der Waals surface area contributed by atoms with Gasteiger partial charge in [-0.05, 0) is 23.8 Å². The van der Waals surface area contributed by atoms with Gasteiger partial charge < -0.3 is 9.67 Å². The van der Waals surface area contributed by atoms with Crippen molar-refractivity contribution in [3.05, 3.63) is 35.5 Å². The van der Waals surface area contributed by atoms with Crippen molar-refractivity contribution in [2.24, 2.45) is 0 Å². The van der Waals surface area contributed by atoms with Gasteiger partial charge in [-0.2, -0.15) is 11.8 Å². The first kappa shape index (κ1) is 10.7. The lowest BCUT2D eigenvalue weighted by atomic mass is 10.1. The molecule has 3 rings (SSSR count). The van der Waals surface area contributed by atoms with Crippen LogP contribution < -0.4 is 0 Å². The van der Waals surface area contributed by atoms with Crippen molar-refractivity contribution in [3.63, 3.8) is 0 Å². The molecule has 0 fully saturated rings. The fourth-order valence-corrected chi connectivity index (χ4v) is 3.54. The maximum absolute atomic E-state index is 11.0. The molecule has 88 valence electrons. The molecule has 0 radical (unpaired) electrons. The van der Waals surface area contributed by atoms with Crippen LogP contribution in [0.5, 0.6) is 0 Å². The number of benzene rings is 1. The Morgan fingerprint density at radius 1 is 1.41 bits per heavy atom. The van der Waals surface area contributed by atoms with E-state index in [0.29, 0.717) is 0 Å². The van der Waals surface area contributed by atoms with E-state index in [4.69, 9.17) is 5.11 Å². The van der Waals surface area contributed by atoms with Gasteiger partial charge in [0.15, 0.2) is 0 Å². The van der Waals surface area contributed by atoms with Crippen LogP contribution in [0.25, 0.3) is 10.9 Å². The summed E-state index contributed by atoms with van der Waals surface area (Å²) in [6, 6.07) is 8.10. The number of carboxylic acid groups (broad SMARTS) is 1. The van der Waals surface area contributed by atoms with Gasteiger partial charge in [0.25, 0.3) is 0 Å². The molecule has 2 aromatic rings. The van der Waals surface area contributed by atoms with E-state index in [2.05, 4.69) is 6.07 Å². The number of fused-ring (bicyclic) bond motifs is 3. The molecule has 1 aromatic heterocycles. The van der Waals surface area contributed by atoms with Crippen LogP contribution in [0.1, 0.15) is 11.3 Å². The van der Waals surface area contributed by atoms with E-state index in [0.717, 1.165) is 23.4 Å². The second kappa shape index (κ2) is 4.11. The van der Waals surface area contributed by atoms with Crippen molar-refractivity contribution in [1.82, 2.24) is 4.57 Å². The highest BCUT2D eigenvalue weighted by Gasteiger charge is 2.20. The maximum atomic E-state index is 11.0. The predicted octanol–water partition coefficient (Wildman–Crippen LogP) is 2.52. The van der Waals surface area contributed by atoms with Gasteiger partial charge in [0, 0.05) is 22.3 Å². The fraction of sp³-hybridized carbons (Fsp3) is 0.308. The number of thioether (sulfide) groups is 1. The van der Waals surface area contributed by atoms with Crippen LogP contribution in [0.15, 0.2) is 24.3 Å². The Balaban J connectivity index is 2.27. The fourth-order valence-electron chi connectivity index (χ4n) is 2.53. The Kier molecular flexibility index (Phi) is 2.59. The number of rotatable bonds is 2. The van der Waals surface area contributed by atoms with Crippen LogP contribution in [0.4, 0.5) is 0 Å². The van der Waals surface area contributed by atoms with Gasteiger partial charge in [-0.15, -0.1) is 0 Å². The zero-order chi connectivity index (χ0) is 11.8. The molecular formula is C13H13NO2S. The monoisotopic (exact) mass is 247 g/mol. The molecule has 1 N–H and O–H groups in total. The van der Waals surface area contributed by atoms with Crippen molar-refractivity contribution < 1.29 is 9.90 Å². The lowest BCUT2D eigenvalue weighted by Crippen LogP contribution is -2.14. The molecule has 0 saturated heterocycles. The van der Waals surface area contributed by atoms with Crippen molar-refractivity contribution in [3.8, 4) is 0 Å². The Bertz CT molecular complexity index is 588. The molecule has 3 nitrogen and oxygen atoms in total. The van der Waals surface area contributed by atoms with Gasteiger partial charge in [0.05, 0.1) is 0 Å². The topological polar surface area (TPSA) is 42.2 Å². The molecule has 0 atom stereocenters. The zero-order valence-electron chi connectivity index (χ0n) is 9.35. The Hall–Kier alpha value is -1.42. The lowest BCUT2D eigenvalue weighted by molar-refractivity contribution is -0.137. The minimum absolute atomic E-state index is 0.0700. The first-order valence-electron chi connectivity index (χ1n) is 5.66. The SMILES string of the molecule is O=C(O)Cn1c2c(c3ccccc31)CSCC2. The van der Waals surface area contributed by atoms with Crippen molar-refractivity contribution in [1.29, 1.82) is 0 Å². The predicted molar refractivity (Wildman–Crippen MR) is 69.4 cm³/mol. The number of hydrogen-bond donors (Lipinski definition) is 1. The number of para-hydroxylation sites is 1. The highest BCUT2D eigenvalue weighted by molar-refractivity contribution is 7.98. The Labute approximate surface area is 103 Å². The number of carbonyl (C=O) groups is 1. The highest BCUT2D eigenvalue weighted by atomic mass is 32.2. The molecule has 0 amide bonds. The van der Waals surface area contributed by atoms with E-state index in [1.807, 2.05) is 34.5 Å². The molecule has 4 heteroatoms. The summed E-state index contributed by atoms with van der Waals surface area (Å²) >= 11 is 1.92. The van der Waals surface area contributed by atoms with E-state index in [1.54, 1.807) is 0 Å². The van der Waals surface area contributed by atoms with Gasteiger partial charge in [-0.3, -0.25) is 4.79 Å². The molecule has 1 aliphatic heterocycles. The second-order valence-corrected chi connectivity index (χ2v) is 5.33. The van der Waals surface area contributed by atoms with E-state index in [9.17, 15) is 4.79 Å². The Morgan fingerprint density at radius 2 is 2.24 bits per heavy atom. The summed E-state index contributed by atoms with van der Waals surface area (Å²) < 4.78 is 1.96. The number of nitrogens with zero attached hydrogens (tertiary/aromatic N) is 1. The molecule has 1 aliphatic rings. The summed E-state index contributed by atoms with van der Waals surface area (Å²) in [6.07, 6.45) is 0.974. The van der Waals surface area contributed by atoms with Crippen molar-refractivity contribution in [2.75, 3.05) is 5.75 Å². The summed E-state index contributed by atoms with van der Waals surface area (Å²) in [7, 11) is 0. The highest BCUT2D eigenvalue weighted by Crippen LogP contribution is 2.33. The van der Waals surface area contributed by atoms with Crippen LogP contribution in [-0.4, -0.2) is 21.4 Å². The summed E-state index contributed by atoms with van der Waals surface area (Å²) in [5.41, 5.74) is 3.60. The molecule has 0 spiro atoms. The average molecular weight is 247 g/mol. The molecular weight excluding hydrogens is 234 g/mol. The zero-order valence-corrected chi connectivity index (χ0v) is 10.2. The third-order valence-corrected chi connectivity index (χ3v) is 4.20. The Morgan fingerprint density at radius 3 is 3.06 bits per heavy atom. The van der Waals surface area contributed by atoms with Crippen LogP contribution >= 0.6 is 11.8 Å². The lowest BCUT2D eigenvalue weighted by Gasteiger charge is -2.14. The third kappa shape index (κ3) is 1.72. The summed E-state index contributed by atoms with van der Waals surface area (Å²) in [4.78, 5) is 11.0. The van der Waals surface area contributed by atoms with E-state index < -0.39 is 5.97 Å². The van der Waals surface area contributed by atoms with E-state index in [1.165, 1.54) is 16.6 Å². The minimum atomic E-state index is -0.772.